The number of rotatable bonds is 11. The number of imide groups is 1. The zero-order valence-electron chi connectivity index (χ0n) is 45.2. The Morgan fingerprint density at radius 3 is 1.32 bits per heavy atom. The zero-order valence-corrected chi connectivity index (χ0v) is 39.2. The van der Waals surface area contributed by atoms with Crippen molar-refractivity contribution in [2.45, 2.75) is 70.5 Å². The zero-order chi connectivity index (χ0) is 53.1. The van der Waals surface area contributed by atoms with Gasteiger partial charge in [0.05, 0.1) is 35.5 Å². The number of cyclic esters (lactones) is 4. The second-order valence-corrected chi connectivity index (χ2v) is 20.3. The second-order valence-electron chi connectivity index (χ2n) is 20.3. The molecule has 2 aromatic rings. The molecule has 5 saturated heterocycles. The van der Waals surface area contributed by atoms with Gasteiger partial charge < -0.3 is 25.0 Å². The van der Waals surface area contributed by atoms with Gasteiger partial charge in [0, 0.05) is 92.1 Å². The lowest BCUT2D eigenvalue weighted by Crippen LogP contribution is -2.47. The van der Waals surface area contributed by atoms with E-state index in [-0.39, 0.29) is 82.9 Å². The maximum absolute atomic E-state index is 12.8. The number of aromatic nitrogens is 4. The first-order chi connectivity index (χ1) is 36.3. The summed E-state index contributed by atoms with van der Waals surface area (Å²) < 4.78 is 50.9. The van der Waals surface area contributed by atoms with E-state index in [4.69, 9.17) is 14.2 Å². The maximum atomic E-state index is 12.8. The number of nitrogens with zero attached hydrogens (tertiary/aromatic N) is 9. The molecular formula is C51H70N10O8. The third-order valence-electron chi connectivity index (χ3n) is 16.4. The van der Waals surface area contributed by atoms with E-state index in [9.17, 15) is 28.8 Å². The molecule has 18 nitrogen and oxygen atoms in total. The molecule has 2 amide bonds. The molecule has 16 atom stereocenters. The van der Waals surface area contributed by atoms with Gasteiger partial charge in [-0.3, -0.25) is 43.5 Å². The average molecular weight is 957 g/mol. The van der Waals surface area contributed by atoms with Gasteiger partial charge in [0.1, 0.15) is 0 Å². The Balaban J connectivity index is 0.000000130. The number of esters is 4. The molecule has 0 radical (unpaired) electrons. The highest BCUT2D eigenvalue weighted by molar-refractivity contribution is 6.06. The quantitative estimate of drug-likeness (QED) is 0.113. The highest BCUT2D eigenvalue weighted by Gasteiger charge is 2.61. The van der Waals surface area contributed by atoms with Gasteiger partial charge in [-0.05, 0) is 138 Å². The summed E-state index contributed by atoms with van der Waals surface area (Å²) in [6, 6.07) is 3.68. The van der Waals surface area contributed by atoms with Crippen molar-refractivity contribution in [3.05, 3.63) is 49.1 Å². The monoisotopic (exact) mass is 957 g/mol. The molecule has 5 saturated carbocycles. The van der Waals surface area contributed by atoms with Crippen molar-refractivity contribution < 1.29 is 46.7 Å². The number of allylic oxidation sites excluding steroid dienone is 2. The topological polar surface area (TPSA) is 215 Å². The van der Waals surface area contributed by atoms with Crippen molar-refractivity contribution in [1.29, 1.82) is 0 Å². The van der Waals surface area contributed by atoms with Crippen molar-refractivity contribution in [2.75, 3.05) is 88.3 Å². The second kappa shape index (κ2) is 21.0. The number of ether oxygens (including phenoxy) is 2. The normalized spacial score (nSPS) is 39.7. The summed E-state index contributed by atoms with van der Waals surface area (Å²) in [5.74, 6) is -1.64. The van der Waals surface area contributed by atoms with E-state index in [1.807, 2.05) is 24.3 Å². The number of nitrogens with two attached hydrogens (primary N) is 1. The van der Waals surface area contributed by atoms with E-state index in [2.05, 4.69) is 49.0 Å². The van der Waals surface area contributed by atoms with Crippen molar-refractivity contribution in [2.24, 2.45) is 76.7 Å². The molecule has 69 heavy (non-hydrogen) atoms. The van der Waals surface area contributed by atoms with E-state index in [0.717, 1.165) is 103 Å². The number of fused-ring (bicyclic) bond motifs is 15. The summed E-state index contributed by atoms with van der Waals surface area (Å²) in [6.45, 7) is 11.4. The molecule has 0 aromatic carbocycles. The van der Waals surface area contributed by atoms with Crippen LogP contribution in [0.5, 0.6) is 0 Å². The lowest BCUT2D eigenvalue weighted by atomic mass is 9.81. The molecule has 6 aliphatic carbocycles. The fraction of sp³-hybridized carbons (Fsp3) is 0.686. The first-order valence-corrected chi connectivity index (χ1v) is 25.3. The molecule has 18 heteroatoms. The predicted molar refractivity (Wildman–Crippen MR) is 253 cm³/mol. The van der Waals surface area contributed by atoms with Crippen LogP contribution < -0.4 is 15.5 Å². The van der Waals surface area contributed by atoms with E-state index >= 15 is 0 Å². The van der Waals surface area contributed by atoms with Crippen LogP contribution in [0.25, 0.3) is 0 Å². The lowest BCUT2D eigenvalue weighted by molar-refractivity contribution is -0.156. The Morgan fingerprint density at radius 2 is 0.899 bits per heavy atom. The Bertz CT molecular complexity index is 2300. The minimum Gasteiger partial charge on any atom is -0.393 e. The summed E-state index contributed by atoms with van der Waals surface area (Å²) >= 11 is 0. The van der Waals surface area contributed by atoms with Crippen LogP contribution in [0.4, 0.5) is 11.9 Å². The molecule has 11 aliphatic rings. The summed E-state index contributed by atoms with van der Waals surface area (Å²) in [5.41, 5.74) is 5.50. The molecule has 2 aromatic heterocycles. The predicted octanol–water partition coefficient (Wildman–Crippen LogP) is 3.23. The highest BCUT2D eigenvalue weighted by atomic mass is 16.6. The van der Waals surface area contributed by atoms with Gasteiger partial charge in [-0.2, -0.15) is 0 Å². The number of anilines is 2. The van der Waals surface area contributed by atoms with Gasteiger partial charge >= 0.3 is 23.9 Å². The van der Waals surface area contributed by atoms with Crippen LogP contribution in [-0.2, 0) is 38.2 Å². The molecule has 2 N–H and O–H groups in total. The lowest BCUT2D eigenvalue weighted by Gasteiger charge is -2.34. The van der Waals surface area contributed by atoms with Gasteiger partial charge in [-0.15, -0.1) is 0 Å². The summed E-state index contributed by atoms with van der Waals surface area (Å²) in [5, 5.41) is 0. The minimum atomic E-state index is -0.514. The highest BCUT2D eigenvalue weighted by Crippen LogP contribution is 2.57. The third kappa shape index (κ3) is 9.81. The largest absolute Gasteiger partial charge is 0.393 e. The number of amides is 2. The van der Waals surface area contributed by atoms with Crippen molar-refractivity contribution in [3.8, 4) is 0 Å². The molecule has 7 heterocycles. The van der Waals surface area contributed by atoms with Gasteiger partial charge in [0.25, 0.3) is 0 Å². The van der Waals surface area contributed by atoms with Gasteiger partial charge in [0.15, 0.2) is 0 Å². The Hall–Kier alpha value is -5.20. The van der Waals surface area contributed by atoms with Crippen LogP contribution >= 0.6 is 0 Å². The van der Waals surface area contributed by atoms with Crippen molar-refractivity contribution >= 4 is 47.6 Å². The maximum Gasteiger partial charge on any atom is 0.318 e. The Morgan fingerprint density at radius 1 is 0.522 bits per heavy atom. The smallest absolute Gasteiger partial charge is 0.318 e. The molecule has 4 unspecified atom stereocenters. The average Bonchev–Trinajstić information content (AvgIpc) is 4.46. The number of carbonyl (C=O) groups excluding carboxylic acids is 6. The van der Waals surface area contributed by atoms with Crippen molar-refractivity contribution in [1.82, 2.24) is 34.6 Å². The van der Waals surface area contributed by atoms with Crippen LogP contribution in [0.15, 0.2) is 49.1 Å². The number of carbonyl (C=O) groups is 6. The van der Waals surface area contributed by atoms with Crippen LogP contribution in [0, 0.1) is 71.0 Å². The fourth-order valence-corrected chi connectivity index (χ4v) is 12.9. The molecule has 372 valence electrons. The molecule has 0 spiro atoms. The first-order valence-electron chi connectivity index (χ1n) is 28.6. The molecule has 6 bridgehead atoms. The van der Waals surface area contributed by atoms with Gasteiger partial charge in [-0.25, -0.2) is 19.9 Å². The van der Waals surface area contributed by atoms with Gasteiger partial charge in [-0.1, -0.05) is 12.2 Å². The Labute approximate surface area is 412 Å². The molecule has 13 rings (SSSR count). The number of hydrogen-bond donors (Lipinski definition) is 1. The fourth-order valence-electron chi connectivity index (χ4n) is 12.9. The number of piperazine rings is 2. The molecular weight excluding hydrogens is 881 g/mol. The van der Waals surface area contributed by atoms with Crippen molar-refractivity contribution in [3.63, 3.8) is 0 Å². The number of likely N-dealkylation sites (tertiary alicyclic amines) is 1. The van der Waals surface area contributed by atoms with Gasteiger partial charge in [0.2, 0.25) is 23.7 Å². The Kier molecular flexibility index (Phi) is 12.7. The van der Waals surface area contributed by atoms with Crippen LogP contribution in [-0.4, -0.2) is 149 Å². The summed E-state index contributed by atoms with van der Waals surface area (Å²) in [6.07, 6.45) is 15.6. The van der Waals surface area contributed by atoms with E-state index in [1.54, 1.807) is 24.8 Å². The van der Waals surface area contributed by atoms with E-state index in [0.29, 0.717) is 19.4 Å². The van der Waals surface area contributed by atoms with Crippen LogP contribution in [0.1, 0.15) is 79.0 Å². The third-order valence-corrected chi connectivity index (χ3v) is 16.4. The van der Waals surface area contributed by atoms with E-state index < -0.39 is 49.4 Å². The van der Waals surface area contributed by atoms with E-state index in [1.165, 1.54) is 17.9 Å². The minimum absolute atomic E-state index is 0.0712. The number of hydrogen-bond acceptors (Lipinski definition) is 17. The summed E-state index contributed by atoms with van der Waals surface area (Å²) in [7, 11) is 0. The number of unbranched alkanes of at least 4 members (excludes halogenated alkanes) is 2. The van der Waals surface area contributed by atoms with Crippen LogP contribution in [0.2, 0.25) is 0 Å². The summed E-state index contributed by atoms with van der Waals surface area (Å²) in [4.78, 5) is 98.7. The first kappa shape index (κ1) is 41.6. The standard InChI is InChI=1S/C21H29N5O2.C12H21N5.C9H10O3.C9H8O3.H2/c27-19-17-15-4-5-16(14-15)18(17)20(28)26(19)9-2-1-8-24-10-12-25(13-11-24)21-22-6-3-7-23-21;13-4-1-2-7-16-8-10-17(11-9-16)12-14-5-3-6-15-12;2*10-8-6-4-1-2-5(3-4)7(6)9(11)12-8;/h3,6-7,15-18H,1-2,4-5,8-14H2;3,5-6H,1-2,4,7-11,13H2;4-7H,1-3H2;1-2,4-7H,3H2;1H/t15-,16+,17-,18+;;2*4-,5+,6-,7+;/i4D,5D;;1D,2D;;1+1D/t4?,5?,15-,16+,17-,18+;;1?,2?,4-,5+,6-,7+;;. The molecule has 10 fully saturated rings. The SMILES string of the molecule is NCCCCN1CCN(c2ncccn2)CC1.O=C1OC(=O)[C@H]2[C@@H]1[C@H]1C=C[C@@H]2C1.[2H]C1C([2H])[C@@H]2C[C@H]1[C@@H]1C(=O)N(CCCCN3CCN(c4ncccn4)CC3)C(=O)[C@@H]12.[2H]C1C([2H])[C@@H]2C[C@H]1[C@@H]1C(=O)OC(=O)[C@@H]12.[2H][2H]. The molecule has 5 aliphatic heterocycles. The van der Waals surface area contributed by atoms with Crippen LogP contribution in [0.3, 0.4) is 0 Å².